The third kappa shape index (κ3) is 2.42. The van der Waals surface area contributed by atoms with Crippen molar-refractivity contribution in [3.8, 4) is 0 Å². The summed E-state index contributed by atoms with van der Waals surface area (Å²) in [5.41, 5.74) is 2.29. The molecule has 0 radical (unpaired) electrons. The molecule has 1 N–H and O–H groups in total. The lowest BCUT2D eigenvalue weighted by Gasteiger charge is -2.21. The predicted molar refractivity (Wildman–Crippen MR) is 73.1 cm³/mol. The van der Waals surface area contributed by atoms with Gasteiger partial charge in [0.2, 0.25) is 11.8 Å². The Balaban J connectivity index is 1.58. The highest BCUT2D eigenvalue weighted by molar-refractivity contribution is 5.86. The van der Waals surface area contributed by atoms with Gasteiger partial charge < -0.3 is 9.80 Å². The Kier molecular flexibility index (Phi) is 3.46. The van der Waals surface area contributed by atoms with Crippen LogP contribution in [0.2, 0.25) is 0 Å². The standard InChI is InChI=1S/C14H20N4O2/c1-10-7-15-16-14(10)11-4-6-18(8-11)13(20)9-17-5-2-3-12(17)19/h7,11H,2-6,8-9H2,1H3,(H,15,16)/t11-/m1/s1. The molecule has 0 aliphatic carbocycles. The van der Waals surface area contributed by atoms with E-state index in [1.54, 1.807) is 4.90 Å². The molecular formula is C14H20N4O2. The van der Waals surface area contributed by atoms with E-state index in [1.165, 1.54) is 0 Å². The molecule has 1 aromatic rings. The van der Waals surface area contributed by atoms with E-state index in [0.717, 1.165) is 43.7 Å². The zero-order chi connectivity index (χ0) is 14.1. The van der Waals surface area contributed by atoms with Crippen LogP contribution in [0.25, 0.3) is 0 Å². The number of H-pyrrole nitrogens is 1. The third-order valence-electron chi connectivity index (χ3n) is 4.31. The number of carbonyl (C=O) groups is 2. The summed E-state index contributed by atoms with van der Waals surface area (Å²) in [7, 11) is 0. The number of aromatic amines is 1. The molecule has 2 saturated heterocycles. The van der Waals surface area contributed by atoms with Gasteiger partial charge in [0, 0.05) is 37.7 Å². The molecule has 0 saturated carbocycles. The molecule has 108 valence electrons. The fourth-order valence-electron chi connectivity index (χ4n) is 3.13. The smallest absolute Gasteiger partial charge is 0.242 e. The SMILES string of the molecule is Cc1cn[nH]c1[C@@H]1CCN(C(=O)CN2CCCC2=O)C1. The number of hydrogen-bond donors (Lipinski definition) is 1. The van der Waals surface area contributed by atoms with Crippen molar-refractivity contribution >= 4 is 11.8 Å². The highest BCUT2D eigenvalue weighted by Crippen LogP contribution is 2.27. The van der Waals surface area contributed by atoms with E-state index in [4.69, 9.17) is 0 Å². The lowest BCUT2D eigenvalue weighted by molar-refractivity contribution is -0.137. The van der Waals surface area contributed by atoms with E-state index in [1.807, 2.05) is 18.0 Å². The topological polar surface area (TPSA) is 69.3 Å². The Labute approximate surface area is 118 Å². The van der Waals surface area contributed by atoms with E-state index in [-0.39, 0.29) is 18.4 Å². The molecule has 0 spiro atoms. The number of nitrogens with zero attached hydrogens (tertiary/aromatic N) is 3. The first kappa shape index (κ1) is 13.1. The number of likely N-dealkylation sites (tertiary alicyclic amines) is 2. The number of nitrogens with one attached hydrogen (secondary N) is 1. The van der Waals surface area contributed by atoms with Crippen molar-refractivity contribution in [1.82, 2.24) is 20.0 Å². The average molecular weight is 276 g/mol. The number of amides is 2. The van der Waals surface area contributed by atoms with E-state index < -0.39 is 0 Å². The summed E-state index contributed by atoms with van der Waals surface area (Å²) in [6.07, 6.45) is 4.25. The molecule has 0 bridgehead atoms. The Morgan fingerprint density at radius 3 is 3.00 bits per heavy atom. The monoisotopic (exact) mass is 276 g/mol. The van der Waals surface area contributed by atoms with Gasteiger partial charge in [0.1, 0.15) is 0 Å². The molecule has 0 aromatic carbocycles. The highest BCUT2D eigenvalue weighted by Gasteiger charge is 2.31. The maximum atomic E-state index is 12.3. The Morgan fingerprint density at radius 2 is 2.35 bits per heavy atom. The minimum Gasteiger partial charge on any atom is -0.340 e. The van der Waals surface area contributed by atoms with Crippen LogP contribution in [0.4, 0.5) is 0 Å². The van der Waals surface area contributed by atoms with Crippen LogP contribution in [-0.2, 0) is 9.59 Å². The zero-order valence-electron chi connectivity index (χ0n) is 11.8. The fraction of sp³-hybridized carbons (Fsp3) is 0.643. The normalized spacial score (nSPS) is 22.9. The number of aryl methyl sites for hydroxylation is 1. The molecule has 20 heavy (non-hydrogen) atoms. The first-order valence-electron chi connectivity index (χ1n) is 7.20. The Morgan fingerprint density at radius 1 is 1.50 bits per heavy atom. The van der Waals surface area contributed by atoms with Crippen molar-refractivity contribution < 1.29 is 9.59 Å². The van der Waals surface area contributed by atoms with E-state index in [9.17, 15) is 9.59 Å². The van der Waals surface area contributed by atoms with Crippen LogP contribution in [-0.4, -0.2) is 58.0 Å². The van der Waals surface area contributed by atoms with Crippen LogP contribution in [0.1, 0.15) is 36.4 Å². The summed E-state index contributed by atoms with van der Waals surface area (Å²) in [4.78, 5) is 27.4. The van der Waals surface area contributed by atoms with Crippen molar-refractivity contribution in [3.63, 3.8) is 0 Å². The minimum atomic E-state index is 0.0694. The zero-order valence-corrected chi connectivity index (χ0v) is 11.8. The van der Waals surface area contributed by atoms with Crippen LogP contribution in [0.5, 0.6) is 0 Å². The summed E-state index contributed by atoms with van der Waals surface area (Å²) in [5.74, 6) is 0.522. The Bertz CT molecular complexity index is 525. The molecule has 2 amide bonds. The molecule has 6 heteroatoms. The van der Waals surface area contributed by atoms with Gasteiger partial charge in [-0.1, -0.05) is 0 Å². The highest BCUT2D eigenvalue weighted by atomic mass is 16.2. The first-order valence-corrected chi connectivity index (χ1v) is 7.20. The van der Waals surface area contributed by atoms with Crippen molar-refractivity contribution in [1.29, 1.82) is 0 Å². The first-order chi connectivity index (χ1) is 9.65. The second-order valence-corrected chi connectivity index (χ2v) is 5.71. The summed E-state index contributed by atoms with van der Waals surface area (Å²) in [6, 6.07) is 0. The van der Waals surface area contributed by atoms with Gasteiger partial charge in [-0.05, 0) is 25.3 Å². The van der Waals surface area contributed by atoms with Gasteiger partial charge in [0.05, 0.1) is 12.7 Å². The number of aromatic nitrogens is 2. The van der Waals surface area contributed by atoms with Crippen molar-refractivity contribution in [3.05, 3.63) is 17.5 Å². The number of hydrogen-bond acceptors (Lipinski definition) is 3. The average Bonchev–Trinajstić information content (AvgIpc) is 3.11. The summed E-state index contributed by atoms with van der Waals surface area (Å²) < 4.78 is 0. The van der Waals surface area contributed by atoms with Crippen LogP contribution < -0.4 is 0 Å². The molecule has 1 atom stereocenters. The van der Waals surface area contributed by atoms with Crippen LogP contribution >= 0.6 is 0 Å². The van der Waals surface area contributed by atoms with Crippen LogP contribution in [0.15, 0.2) is 6.20 Å². The third-order valence-corrected chi connectivity index (χ3v) is 4.31. The number of rotatable bonds is 3. The Hall–Kier alpha value is -1.85. The molecular weight excluding hydrogens is 256 g/mol. The summed E-state index contributed by atoms with van der Waals surface area (Å²) in [5, 5.41) is 7.08. The predicted octanol–water partition coefficient (Wildman–Crippen LogP) is 0.656. The van der Waals surface area contributed by atoms with Crippen LogP contribution in [0.3, 0.4) is 0 Å². The molecule has 0 unspecified atom stereocenters. The molecule has 2 fully saturated rings. The van der Waals surface area contributed by atoms with Gasteiger partial charge in [0.25, 0.3) is 0 Å². The van der Waals surface area contributed by atoms with Gasteiger partial charge in [-0.15, -0.1) is 0 Å². The van der Waals surface area contributed by atoms with Gasteiger partial charge in [-0.25, -0.2) is 0 Å². The largest absolute Gasteiger partial charge is 0.340 e. The minimum absolute atomic E-state index is 0.0694. The molecule has 2 aliphatic heterocycles. The summed E-state index contributed by atoms with van der Waals surface area (Å²) in [6.45, 7) is 4.50. The molecule has 1 aromatic heterocycles. The maximum Gasteiger partial charge on any atom is 0.242 e. The lowest BCUT2D eigenvalue weighted by atomic mass is 10.0. The van der Waals surface area contributed by atoms with Crippen molar-refractivity contribution in [2.75, 3.05) is 26.2 Å². The van der Waals surface area contributed by atoms with Gasteiger partial charge in [-0.3, -0.25) is 14.7 Å². The molecule has 6 nitrogen and oxygen atoms in total. The summed E-state index contributed by atoms with van der Waals surface area (Å²) >= 11 is 0. The van der Waals surface area contributed by atoms with Crippen molar-refractivity contribution in [2.45, 2.75) is 32.1 Å². The second kappa shape index (κ2) is 5.26. The molecule has 3 rings (SSSR count). The lowest BCUT2D eigenvalue weighted by Crippen LogP contribution is -2.39. The van der Waals surface area contributed by atoms with Crippen molar-refractivity contribution in [2.24, 2.45) is 0 Å². The van der Waals surface area contributed by atoms with E-state index in [2.05, 4.69) is 10.2 Å². The van der Waals surface area contributed by atoms with Gasteiger partial charge in [-0.2, -0.15) is 5.10 Å². The second-order valence-electron chi connectivity index (χ2n) is 5.71. The van der Waals surface area contributed by atoms with E-state index >= 15 is 0 Å². The quantitative estimate of drug-likeness (QED) is 0.881. The molecule has 2 aliphatic rings. The van der Waals surface area contributed by atoms with Gasteiger partial charge >= 0.3 is 0 Å². The van der Waals surface area contributed by atoms with Gasteiger partial charge in [0.15, 0.2) is 0 Å². The number of carbonyl (C=O) groups excluding carboxylic acids is 2. The van der Waals surface area contributed by atoms with E-state index in [0.29, 0.717) is 12.3 Å². The van der Waals surface area contributed by atoms with Crippen LogP contribution in [0, 0.1) is 6.92 Å². The fourth-order valence-corrected chi connectivity index (χ4v) is 3.13. The molecule has 3 heterocycles. The maximum absolute atomic E-state index is 12.3.